The highest BCUT2D eigenvalue weighted by molar-refractivity contribution is 6.42. The third-order valence-corrected chi connectivity index (χ3v) is 5.39. The van der Waals surface area contributed by atoms with Crippen LogP contribution in [-0.4, -0.2) is 5.91 Å². The Morgan fingerprint density at radius 2 is 1.77 bits per heavy atom. The number of nitrogens with one attached hydrogen (secondary N) is 1. The summed E-state index contributed by atoms with van der Waals surface area (Å²) in [6.45, 7) is 0. The predicted molar refractivity (Wildman–Crippen MR) is 90.0 cm³/mol. The molecular formula is C18H15Cl2NO. The SMILES string of the molecule is O=C1CC(c2ccc(Cl)c(Cl)c2)c2cc3c(cc2N1)CCC3. The first-order valence-electron chi connectivity index (χ1n) is 7.52. The lowest BCUT2D eigenvalue weighted by atomic mass is 9.83. The number of fused-ring (bicyclic) bond motifs is 2. The van der Waals surface area contributed by atoms with Crippen LogP contribution < -0.4 is 5.32 Å². The molecule has 1 unspecified atom stereocenters. The van der Waals surface area contributed by atoms with E-state index in [2.05, 4.69) is 17.4 Å². The number of carbonyl (C=O) groups is 1. The molecule has 2 aliphatic rings. The van der Waals surface area contributed by atoms with Gasteiger partial charge in [-0.3, -0.25) is 4.79 Å². The molecule has 0 spiro atoms. The molecule has 1 heterocycles. The Morgan fingerprint density at radius 1 is 1.00 bits per heavy atom. The van der Waals surface area contributed by atoms with E-state index in [4.69, 9.17) is 23.2 Å². The van der Waals surface area contributed by atoms with Crippen LogP contribution in [0.5, 0.6) is 0 Å². The summed E-state index contributed by atoms with van der Waals surface area (Å²) >= 11 is 12.2. The predicted octanol–water partition coefficient (Wildman–Crippen LogP) is 4.96. The maximum Gasteiger partial charge on any atom is 0.225 e. The second-order valence-electron chi connectivity index (χ2n) is 6.04. The van der Waals surface area contributed by atoms with Gasteiger partial charge >= 0.3 is 0 Å². The molecule has 1 aliphatic carbocycles. The lowest BCUT2D eigenvalue weighted by Gasteiger charge is -2.27. The lowest BCUT2D eigenvalue weighted by molar-refractivity contribution is -0.116. The van der Waals surface area contributed by atoms with Crippen molar-refractivity contribution in [3.63, 3.8) is 0 Å². The van der Waals surface area contributed by atoms with Gasteiger partial charge in [0.2, 0.25) is 5.91 Å². The number of halogens is 2. The summed E-state index contributed by atoms with van der Waals surface area (Å²) in [7, 11) is 0. The Hall–Kier alpha value is -1.51. The van der Waals surface area contributed by atoms with Crippen LogP contribution in [-0.2, 0) is 17.6 Å². The molecule has 0 bridgehead atoms. The van der Waals surface area contributed by atoms with Crippen molar-refractivity contribution in [1.82, 2.24) is 0 Å². The fourth-order valence-corrected chi connectivity index (χ4v) is 3.87. The molecule has 2 aromatic rings. The zero-order chi connectivity index (χ0) is 15.3. The number of rotatable bonds is 1. The molecule has 2 aromatic carbocycles. The van der Waals surface area contributed by atoms with Gasteiger partial charge in [0.05, 0.1) is 10.0 Å². The smallest absolute Gasteiger partial charge is 0.225 e. The van der Waals surface area contributed by atoms with E-state index in [9.17, 15) is 4.79 Å². The fraction of sp³-hybridized carbons (Fsp3) is 0.278. The maximum atomic E-state index is 12.1. The second kappa shape index (κ2) is 5.29. The molecule has 22 heavy (non-hydrogen) atoms. The van der Waals surface area contributed by atoms with Gasteiger partial charge in [0.15, 0.2) is 0 Å². The summed E-state index contributed by atoms with van der Waals surface area (Å²) in [5.41, 5.74) is 5.98. The third kappa shape index (κ3) is 2.31. The normalized spacial score (nSPS) is 19.5. The molecule has 1 aliphatic heterocycles. The number of hydrogen-bond donors (Lipinski definition) is 1. The molecular weight excluding hydrogens is 317 g/mol. The van der Waals surface area contributed by atoms with Crippen molar-refractivity contribution in [1.29, 1.82) is 0 Å². The molecule has 1 atom stereocenters. The second-order valence-corrected chi connectivity index (χ2v) is 6.85. The van der Waals surface area contributed by atoms with Gasteiger partial charge in [-0.05, 0) is 59.7 Å². The number of carbonyl (C=O) groups excluding carboxylic acids is 1. The maximum absolute atomic E-state index is 12.1. The van der Waals surface area contributed by atoms with E-state index >= 15 is 0 Å². The van der Waals surface area contributed by atoms with E-state index in [1.165, 1.54) is 23.1 Å². The minimum atomic E-state index is 0.0458. The number of benzene rings is 2. The Bertz CT molecular complexity index is 785. The van der Waals surface area contributed by atoms with E-state index in [0.717, 1.165) is 24.1 Å². The molecule has 0 fully saturated rings. The largest absolute Gasteiger partial charge is 0.326 e. The van der Waals surface area contributed by atoms with Crippen LogP contribution in [0.1, 0.15) is 41.0 Å². The van der Waals surface area contributed by atoms with E-state index in [1.807, 2.05) is 12.1 Å². The molecule has 0 radical (unpaired) electrons. The van der Waals surface area contributed by atoms with Gasteiger partial charge in [0, 0.05) is 18.0 Å². The number of hydrogen-bond acceptors (Lipinski definition) is 1. The van der Waals surface area contributed by atoms with Gasteiger partial charge in [-0.15, -0.1) is 0 Å². The Kier molecular flexibility index (Phi) is 3.39. The summed E-state index contributed by atoms with van der Waals surface area (Å²) in [6, 6.07) is 10.1. The third-order valence-electron chi connectivity index (χ3n) is 4.65. The van der Waals surface area contributed by atoms with E-state index in [1.54, 1.807) is 6.07 Å². The Balaban J connectivity index is 1.84. The number of amides is 1. The molecule has 0 saturated carbocycles. The van der Waals surface area contributed by atoms with Crippen molar-refractivity contribution in [2.24, 2.45) is 0 Å². The van der Waals surface area contributed by atoms with Crippen molar-refractivity contribution in [2.75, 3.05) is 5.32 Å². The monoisotopic (exact) mass is 331 g/mol. The molecule has 0 saturated heterocycles. The van der Waals surface area contributed by atoms with Crippen molar-refractivity contribution in [2.45, 2.75) is 31.6 Å². The summed E-state index contributed by atoms with van der Waals surface area (Å²) in [4.78, 5) is 12.1. The first kappa shape index (κ1) is 14.1. The summed E-state index contributed by atoms with van der Waals surface area (Å²) in [5.74, 6) is 0.103. The van der Waals surface area contributed by atoms with Crippen LogP contribution in [0.15, 0.2) is 30.3 Å². The molecule has 0 aromatic heterocycles. The van der Waals surface area contributed by atoms with Gasteiger partial charge in [-0.2, -0.15) is 0 Å². The van der Waals surface area contributed by atoms with Crippen LogP contribution in [0.2, 0.25) is 10.0 Å². The van der Waals surface area contributed by atoms with Crippen molar-refractivity contribution >= 4 is 34.8 Å². The fourth-order valence-electron chi connectivity index (χ4n) is 3.56. The van der Waals surface area contributed by atoms with Crippen molar-refractivity contribution in [3.8, 4) is 0 Å². The Morgan fingerprint density at radius 3 is 2.55 bits per heavy atom. The zero-order valence-corrected chi connectivity index (χ0v) is 13.5. The highest BCUT2D eigenvalue weighted by atomic mass is 35.5. The molecule has 1 amide bonds. The first-order valence-corrected chi connectivity index (χ1v) is 8.28. The highest BCUT2D eigenvalue weighted by Gasteiger charge is 2.28. The van der Waals surface area contributed by atoms with E-state index < -0.39 is 0 Å². The van der Waals surface area contributed by atoms with Gasteiger partial charge in [0.25, 0.3) is 0 Å². The summed E-state index contributed by atoms with van der Waals surface area (Å²) < 4.78 is 0. The Labute approximate surface area is 139 Å². The van der Waals surface area contributed by atoms with Crippen LogP contribution in [0.3, 0.4) is 0 Å². The minimum Gasteiger partial charge on any atom is -0.326 e. The summed E-state index contributed by atoms with van der Waals surface area (Å²) in [5, 5.41) is 4.09. The van der Waals surface area contributed by atoms with E-state index in [-0.39, 0.29) is 11.8 Å². The van der Waals surface area contributed by atoms with Crippen LogP contribution >= 0.6 is 23.2 Å². The van der Waals surface area contributed by atoms with Crippen molar-refractivity contribution < 1.29 is 4.79 Å². The number of anilines is 1. The number of aryl methyl sites for hydroxylation is 2. The lowest BCUT2D eigenvalue weighted by Crippen LogP contribution is -2.23. The quantitative estimate of drug-likeness (QED) is 0.786. The van der Waals surface area contributed by atoms with Crippen LogP contribution in [0.4, 0.5) is 5.69 Å². The zero-order valence-electron chi connectivity index (χ0n) is 12.0. The van der Waals surface area contributed by atoms with Gasteiger partial charge in [-0.25, -0.2) is 0 Å². The van der Waals surface area contributed by atoms with Gasteiger partial charge < -0.3 is 5.32 Å². The minimum absolute atomic E-state index is 0.0458. The van der Waals surface area contributed by atoms with Crippen molar-refractivity contribution in [3.05, 3.63) is 62.6 Å². The van der Waals surface area contributed by atoms with E-state index in [0.29, 0.717) is 16.5 Å². The van der Waals surface area contributed by atoms with Crippen LogP contribution in [0.25, 0.3) is 0 Å². The topological polar surface area (TPSA) is 29.1 Å². The molecule has 2 nitrogen and oxygen atoms in total. The molecule has 4 heteroatoms. The average Bonchev–Trinajstić information content (AvgIpc) is 2.94. The average molecular weight is 332 g/mol. The highest BCUT2D eigenvalue weighted by Crippen LogP contribution is 2.41. The molecule has 4 rings (SSSR count). The van der Waals surface area contributed by atoms with Crippen LogP contribution in [0, 0.1) is 0 Å². The first-order chi connectivity index (χ1) is 10.6. The van der Waals surface area contributed by atoms with Gasteiger partial charge in [0.1, 0.15) is 0 Å². The summed E-state index contributed by atoms with van der Waals surface area (Å²) in [6.07, 6.45) is 3.88. The molecule has 112 valence electrons. The molecule has 1 N–H and O–H groups in total. The standard InChI is InChI=1S/C18H15Cl2NO/c19-15-5-4-12(7-16(15)20)13-9-18(22)21-17-8-11-3-1-2-10(11)6-14(13)17/h4-8,13H,1-3,9H2,(H,21,22). The van der Waals surface area contributed by atoms with Gasteiger partial charge in [-0.1, -0.05) is 35.3 Å².